The van der Waals surface area contributed by atoms with Crippen LogP contribution in [0.15, 0.2) is 29.4 Å². The maximum atomic E-state index is 11.8. The van der Waals surface area contributed by atoms with Crippen LogP contribution >= 0.6 is 0 Å². The Morgan fingerprint density at radius 3 is 3.05 bits per heavy atom. The number of esters is 1. The minimum absolute atomic E-state index is 0.140. The summed E-state index contributed by atoms with van der Waals surface area (Å²) in [5.41, 5.74) is 12.0. The van der Waals surface area contributed by atoms with E-state index < -0.39 is 5.97 Å². The van der Waals surface area contributed by atoms with Crippen molar-refractivity contribution < 1.29 is 9.53 Å². The van der Waals surface area contributed by atoms with Gasteiger partial charge in [-0.1, -0.05) is 0 Å². The number of carbonyl (C=O) groups excluding carboxylic acids is 1. The first-order valence-corrected chi connectivity index (χ1v) is 6.58. The number of nitrogens with zero attached hydrogens (tertiary/aromatic N) is 3. The van der Waals surface area contributed by atoms with Gasteiger partial charge >= 0.3 is 5.97 Å². The molecule has 1 aromatic heterocycles. The van der Waals surface area contributed by atoms with Gasteiger partial charge in [-0.05, 0) is 19.9 Å². The first-order chi connectivity index (χ1) is 10.2. The Labute approximate surface area is 123 Å². The molecule has 0 aromatic carbocycles. The Bertz CT molecular complexity index is 515. The van der Waals surface area contributed by atoms with Crippen molar-refractivity contribution in [1.29, 1.82) is 0 Å². The maximum Gasteiger partial charge on any atom is 0.359 e. The Kier molecular flexibility index (Phi) is 7.44. The first kappa shape index (κ1) is 16.6. The monoisotopic (exact) mass is 292 g/mol. The van der Waals surface area contributed by atoms with E-state index in [1.165, 1.54) is 18.7 Å². The van der Waals surface area contributed by atoms with E-state index in [9.17, 15) is 4.79 Å². The molecule has 0 saturated carbocycles. The van der Waals surface area contributed by atoms with E-state index in [-0.39, 0.29) is 12.3 Å². The van der Waals surface area contributed by atoms with Gasteiger partial charge in [0.2, 0.25) is 0 Å². The highest BCUT2D eigenvalue weighted by atomic mass is 16.5. The highest BCUT2D eigenvalue weighted by molar-refractivity contribution is 5.95. The van der Waals surface area contributed by atoms with E-state index in [2.05, 4.69) is 20.3 Å². The lowest BCUT2D eigenvalue weighted by molar-refractivity contribution is 0.0520. The molecule has 114 valence electrons. The summed E-state index contributed by atoms with van der Waals surface area (Å²) in [6.45, 7) is 3.17. The largest absolute Gasteiger partial charge is 0.461 e. The number of anilines is 1. The summed E-state index contributed by atoms with van der Waals surface area (Å²) in [4.78, 5) is 23.7. The Morgan fingerprint density at radius 2 is 2.38 bits per heavy atom. The number of rotatable bonds is 8. The van der Waals surface area contributed by atoms with Crippen molar-refractivity contribution >= 4 is 17.9 Å². The van der Waals surface area contributed by atoms with Gasteiger partial charge in [0, 0.05) is 19.0 Å². The van der Waals surface area contributed by atoms with Crippen LogP contribution in [-0.4, -0.2) is 41.8 Å². The number of ether oxygens (including phenoxy) is 1. The molecule has 8 nitrogen and oxygen atoms in total. The predicted octanol–water partition coefficient (Wildman–Crippen LogP) is 0.285. The SMILES string of the molecule is CCOC(=O)c1ncncc1NC(C=NCCCN)=CN. The summed E-state index contributed by atoms with van der Waals surface area (Å²) in [5, 5.41) is 2.94. The minimum atomic E-state index is -0.529. The summed E-state index contributed by atoms with van der Waals surface area (Å²) in [6.07, 6.45) is 6.44. The van der Waals surface area contributed by atoms with E-state index in [1.54, 1.807) is 13.1 Å². The third-order valence-corrected chi connectivity index (χ3v) is 2.36. The number of aromatic nitrogens is 2. The molecule has 0 saturated heterocycles. The standard InChI is InChI=1S/C13H20N6O2/c1-2-21-13(20)12-11(8-17-9-18-12)19-10(6-15)7-16-5-3-4-14/h6-9,19H,2-5,14-15H2,1H3. The van der Waals surface area contributed by atoms with Crippen molar-refractivity contribution in [2.75, 3.05) is 25.0 Å². The summed E-state index contributed by atoms with van der Waals surface area (Å²) >= 11 is 0. The molecular weight excluding hydrogens is 272 g/mol. The molecule has 8 heteroatoms. The Morgan fingerprint density at radius 1 is 1.57 bits per heavy atom. The molecule has 1 heterocycles. The fourth-order valence-electron chi connectivity index (χ4n) is 1.40. The zero-order valence-corrected chi connectivity index (χ0v) is 12.0. The van der Waals surface area contributed by atoms with Crippen molar-refractivity contribution in [2.24, 2.45) is 16.5 Å². The molecule has 1 rings (SSSR count). The van der Waals surface area contributed by atoms with Gasteiger partial charge in [-0.2, -0.15) is 0 Å². The van der Waals surface area contributed by atoms with Gasteiger partial charge in [0.05, 0.1) is 24.2 Å². The number of nitrogens with one attached hydrogen (secondary N) is 1. The highest BCUT2D eigenvalue weighted by Gasteiger charge is 2.14. The van der Waals surface area contributed by atoms with Crippen molar-refractivity contribution in [3.8, 4) is 0 Å². The van der Waals surface area contributed by atoms with Crippen LogP contribution in [0, 0.1) is 0 Å². The topological polar surface area (TPSA) is 129 Å². The number of carbonyl (C=O) groups is 1. The second kappa shape index (κ2) is 9.43. The molecule has 0 aliphatic carbocycles. The summed E-state index contributed by atoms with van der Waals surface area (Å²) in [6, 6.07) is 0. The zero-order chi connectivity index (χ0) is 15.5. The van der Waals surface area contributed by atoms with Gasteiger partial charge in [0.1, 0.15) is 6.33 Å². The third kappa shape index (κ3) is 5.57. The average Bonchev–Trinajstić information content (AvgIpc) is 2.51. The van der Waals surface area contributed by atoms with Crippen molar-refractivity contribution in [3.05, 3.63) is 30.1 Å². The van der Waals surface area contributed by atoms with Crippen LogP contribution in [0.4, 0.5) is 5.69 Å². The van der Waals surface area contributed by atoms with Crippen LogP contribution in [0.1, 0.15) is 23.8 Å². The van der Waals surface area contributed by atoms with Gasteiger partial charge in [0.15, 0.2) is 5.69 Å². The normalized spacial score (nSPS) is 11.6. The Balaban J connectivity index is 2.81. The van der Waals surface area contributed by atoms with Gasteiger partial charge in [-0.25, -0.2) is 14.8 Å². The van der Waals surface area contributed by atoms with Crippen LogP contribution in [0.2, 0.25) is 0 Å². The maximum absolute atomic E-state index is 11.8. The second-order valence-corrected chi connectivity index (χ2v) is 3.93. The van der Waals surface area contributed by atoms with Crippen LogP contribution < -0.4 is 16.8 Å². The molecule has 5 N–H and O–H groups in total. The van der Waals surface area contributed by atoms with Crippen molar-refractivity contribution in [2.45, 2.75) is 13.3 Å². The van der Waals surface area contributed by atoms with Gasteiger partial charge in [-0.15, -0.1) is 0 Å². The molecule has 0 bridgehead atoms. The number of allylic oxidation sites excluding steroid dienone is 1. The molecule has 0 spiro atoms. The molecule has 0 atom stereocenters. The summed E-state index contributed by atoms with van der Waals surface area (Å²) in [5.74, 6) is -0.529. The van der Waals surface area contributed by atoms with Crippen LogP contribution in [0.25, 0.3) is 0 Å². The first-order valence-electron chi connectivity index (χ1n) is 6.58. The molecule has 0 fully saturated rings. The van der Waals surface area contributed by atoms with Crippen LogP contribution in [0.5, 0.6) is 0 Å². The van der Waals surface area contributed by atoms with E-state index in [1.807, 2.05) is 0 Å². The van der Waals surface area contributed by atoms with Crippen molar-refractivity contribution in [3.63, 3.8) is 0 Å². The van der Waals surface area contributed by atoms with Crippen LogP contribution in [-0.2, 0) is 4.74 Å². The lowest BCUT2D eigenvalue weighted by atomic mass is 10.3. The molecule has 0 aliphatic heterocycles. The fraction of sp³-hybridized carbons (Fsp3) is 0.385. The highest BCUT2D eigenvalue weighted by Crippen LogP contribution is 2.13. The molecule has 0 amide bonds. The molecule has 0 unspecified atom stereocenters. The van der Waals surface area contributed by atoms with Crippen molar-refractivity contribution in [1.82, 2.24) is 9.97 Å². The number of aliphatic imine (C=N–C) groups is 1. The molecule has 1 aromatic rings. The quantitative estimate of drug-likeness (QED) is 0.356. The van der Waals surface area contributed by atoms with Gasteiger partial charge in [-0.3, -0.25) is 4.99 Å². The average molecular weight is 292 g/mol. The lowest BCUT2D eigenvalue weighted by Crippen LogP contribution is -2.13. The zero-order valence-electron chi connectivity index (χ0n) is 12.0. The minimum Gasteiger partial charge on any atom is -0.461 e. The van der Waals surface area contributed by atoms with E-state index in [0.717, 1.165) is 6.42 Å². The third-order valence-electron chi connectivity index (χ3n) is 2.36. The molecule has 0 aliphatic rings. The van der Waals surface area contributed by atoms with Gasteiger partial charge < -0.3 is 21.5 Å². The van der Waals surface area contributed by atoms with Gasteiger partial charge in [0.25, 0.3) is 0 Å². The lowest BCUT2D eigenvalue weighted by Gasteiger charge is -2.09. The molecule has 0 radical (unpaired) electrons. The van der Waals surface area contributed by atoms with E-state index in [4.69, 9.17) is 16.2 Å². The molecular formula is C13H20N6O2. The number of hydrogen-bond donors (Lipinski definition) is 3. The Hall–Kier alpha value is -2.48. The van der Waals surface area contributed by atoms with E-state index in [0.29, 0.717) is 24.5 Å². The second-order valence-electron chi connectivity index (χ2n) is 3.93. The molecule has 21 heavy (non-hydrogen) atoms. The van der Waals surface area contributed by atoms with Crippen LogP contribution in [0.3, 0.4) is 0 Å². The van der Waals surface area contributed by atoms with E-state index >= 15 is 0 Å². The number of hydrogen-bond acceptors (Lipinski definition) is 8. The fourth-order valence-corrected chi connectivity index (χ4v) is 1.40. The number of nitrogens with two attached hydrogens (primary N) is 2. The predicted molar refractivity (Wildman–Crippen MR) is 80.9 cm³/mol. The summed E-state index contributed by atoms with van der Waals surface area (Å²) in [7, 11) is 0. The summed E-state index contributed by atoms with van der Waals surface area (Å²) < 4.78 is 4.93. The smallest absolute Gasteiger partial charge is 0.359 e.